The van der Waals surface area contributed by atoms with E-state index in [-0.39, 0.29) is 17.2 Å². The molecule has 5 heteroatoms. The molecule has 1 rings (SSSR count). The lowest BCUT2D eigenvalue weighted by Crippen LogP contribution is -2.51. The van der Waals surface area contributed by atoms with Crippen molar-refractivity contribution in [2.45, 2.75) is 46.6 Å². The Kier molecular flexibility index (Phi) is 5.35. The third-order valence-corrected chi connectivity index (χ3v) is 3.66. The highest BCUT2D eigenvalue weighted by atomic mass is 16.2. The highest BCUT2D eigenvalue weighted by molar-refractivity contribution is 5.82. The number of hydrogen-bond donors (Lipinski definition) is 1. The first-order chi connectivity index (χ1) is 8.77. The van der Waals surface area contributed by atoms with Gasteiger partial charge >= 0.3 is 0 Å². The molecule has 0 spiro atoms. The van der Waals surface area contributed by atoms with Crippen LogP contribution in [0.5, 0.6) is 0 Å². The Labute approximate surface area is 116 Å². The molecule has 1 fully saturated rings. The van der Waals surface area contributed by atoms with Crippen LogP contribution in [0.4, 0.5) is 0 Å². The molecule has 1 aliphatic heterocycles. The van der Waals surface area contributed by atoms with Gasteiger partial charge in [0, 0.05) is 32.6 Å². The van der Waals surface area contributed by atoms with Crippen LogP contribution in [0.3, 0.4) is 0 Å². The van der Waals surface area contributed by atoms with Crippen LogP contribution in [0.2, 0.25) is 0 Å². The fourth-order valence-corrected chi connectivity index (χ4v) is 2.18. The van der Waals surface area contributed by atoms with E-state index in [0.717, 1.165) is 13.0 Å². The van der Waals surface area contributed by atoms with Crippen molar-refractivity contribution in [1.82, 2.24) is 9.80 Å². The minimum absolute atomic E-state index is 0.00158. The molecule has 1 heterocycles. The number of carbonyl (C=O) groups excluding carboxylic acids is 2. The van der Waals surface area contributed by atoms with Crippen LogP contribution in [0.25, 0.3) is 0 Å². The molecule has 110 valence electrons. The number of amides is 2. The first-order valence-electron chi connectivity index (χ1n) is 7.09. The second-order valence-electron chi connectivity index (χ2n) is 6.26. The minimum atomic E-state index is -0.485. The van der Waals surface area contributed by atoms with Gasteiger partial charge in [0.2, 0.25) is 11.8 Å². The maximum Gasteiger partial charge on any atom is 0.240 e. The summed E-state index contributed by atoms with van der Waals surface area (Å²) in [5.74, 6) is 0.160. The van der Waals surface area contributed by atoms with E-state index in [2.05, 4.69) is 0 Å². The largest absolute Gasteiger partial charge is 0.341 e. The van der Waals surface area contributed by atoms with E-state index in [4.69, 9.17) is 5.73 Å². The fourth-order valence-electron chi connectivity index (χ4n) is 2.18. The van der Waals surface area contributed by atoms with Gasteiger partial charge in [0.25, 0.3) is 0 Å². The Morgan fingerprint density at radius 2 is 1.63 bits per heavy atom. The van der Waals surface area contributed by atoms with Gasteiger partial charge in [0.05, 0.1) is 6.04 Å². The van der Waals surface area contributed by atoms with Crippen LogP contribution in [0, 0.1) is 5.41 Å². The molecule has 0 aromatic heterocycles. The van der Waals surface area contributed by atoms with Gasteiger partial charge in [-0.05, 0) is 11.8 Å². The molecule has 0 aromatic carbocycles. The molecule has 2 amide bonds. The Bertz CT molecular complexity index is 336. The Morgan fingerprint density at radius 1 is 1.11 bits per heavy atom. The van der Waals surface area contributed by atoms with Gasteiger partial charge in [0.1, 0.15) is 0 Å². The summed E-state index contributed by atoms with van der Waals surface area (Å²) in [5.41, 5.74) is 5.79. The molecule has 5 nitrogen and oxygen atoms in total. The highest BCUT2D eigenvalue weighted by Crippen LogP contribution is 2.19. The topological polar surface area (TPSA) is 66.6 Å². The van der Waals surface area contributed by atoms with E-state index >= 15 is 0 Å². The molecule has 0 aromatic rings. The number of nitrogens with two attached hydrogens (primary N) is 1. The van der Waals surface area contributed by atoms with E-state index in [0.29, 0.717) is 26.1 Å². The van der Waals surface area contributed by atoms with Crippen molar-refractivity contribution >= 4 is 11.8 Å². The average Bonchev–Trinajstić information content (AvgIpc) is 2.60. The predicted octanol–water partition coefficient (Wildman–Crippen LogP) is 0.831. The lowest BCUT2D eigenvalue weighted by Gasteiger charge is -2.31. The lowest BCUT2D eigenvalue weighted by molar-refractivity contribution is -0.136. The summed E-state index contributed by atoms with van der Waals surface area (Å²) in [6, 6.07) is -0.485. The Hall–Kier alpha value is -1.10. The Balaban J connectivity index is 2.62. The zero-order valence-electron chi connectivity index (χ0n) is 12.6. The highest BCUT2D eigenvalue weighted by Gasteiger charge is 2.32. The van der Waals surface area contributed by atoms with Crippen LogP contribution >= 0.6 is 0 Å². The van der Waals surface area contributed by atoms with Gasteiger partial charge in [-0.15, -0.1) is 0 Å². The molecule has 0 unspecified atom stereocenters. The molecule has 1 atom stereocenters. The first kappa shape index (κ1) is 16.0. The minimum Gasteiger partial charge on any atom is -0.341 e. The second kappa shape index (κ2) is 6.37. The maximum atomic E-state index is 12.3. The summed E-state index contributed by atoms with van der Waals surface area (Å²) in [5, 5.41) is 0. The number of nitrogens with zero attached hydrogens (tertiary/aromatic N) is 2. The van der Waals surface area contributed by atoms with Crippen LogP contribution in [-0.4, -0.2) is 53.8 Å². The summed E-state index contributed by atoms with van der Waals surface area (Å²) in [7, 11) is 0. The summed E-state index contributed by atoms with van der Waals surface area (Å²) in [6.07, 6.45) is 1.35. The molecular weight excluding hydrogens is 242 g/mol. The van der Waals surface area contributed by atoms with E-state index in [1.165, 1.54) is 0 Å². The van der Waals surface area contributed by atoms with E-state index < -0.39 is 6.04 Å². The summed E-state index contributed by atoms with van der Waals surface area (Å²) >= 11 is 0. The number of rotatable bonds is 2. The molecule has 0 aliphatic carbocycles. The molecular formula is C14H27N3O2. The molecule has 19 heavy (non-hydrogen) atoms. The van der Waals surface area contributed by atoms with Crippen molar-refractivity contribution in [2.75, 3.05) is 26.2 Å². The van der Waals surface area contributed by atoms with Crippen molar-refractivity contribution in [2.24, 2.45) is 11.1 Å². The van der Waals surface area contributed by atoms with Crippen molar-refractivity contribution in [3.05, 3.63) is 0 Å². The third-order valence-electron chi connectivity index (χ3n) is 3.66. The lowest BCUT2D eigenvalue weighted by atomic mass is 9.86. The molecule has 2 N–H and O–H groups in total. The molecule has 0 saturated carbocycles. The van der Waals surface area contributed by atoms with Gasteiger partial charge in [-0.3, -0.25) is 9.59 Å². The van der Waals surface area contributed by atoms with Gasteiger partial charge in [0.15, 0.2) is 0 Å². The van der Waals surface area contributed by atoms with Crippen LogP contribution < -0.4 is 5.73 Å². The monoisotopic (exact) mass is 269 g/mol. The third kappa shape index (κ3) is 4.20. The van der Waals surface area contributed by atoms with Gasteiger partial charge in [-0.1, -0.05) is 27.7 Å². The summed E-state index contributed by atoms with van der Waals surface area (Å²) in [6.45, 7) is 10.4. The average molecular weight is 269 g/mol. The van der Waals surface area contributed by atoms with Crippen LogP contribution in [-0.2, 0) is 9.59 Å². The predicted molar refractivity (Wildman–Crippen MR) is 75.5 cm³/mol. The fraction of sp³-hybridized carbons (Fsp3) is 0.857. The van der Waals surface area contributed by atoms with Gasteiger partial charge < -0.3 is 15.5 Å². The van der Waals surface area contributed by atoms with E-state index in [1.54, 1.807) is 4.90 Å². The van der Waals surface area contributed by atoms with Gasteiger partial charge in [-0.2, -0.15) is 0 Å². The standard InChI is InChI=1S/C14H27N3O2/c1-5-11(18)16-7-6-8-17(10-9-16)13(19)12(15)14(2,3)4/h12H,5-10,15H2,1-4H3/t12-/m1/s1. The number of hydrogen-bond acceptors (Lipinski definition) is 3. The smallest absolute Gasteiger partial charge is 0.240 e. The van der Waals surface area contributed by atoms with Gasteiger partial charge in [-0.25, -0.2) is 0 Å². The van der Waals surface area contributed by atoms with Crippen molar-refractivity contribution in [1.29, 1.82) is 0 Å². The molecule has 1 saturated heterocycles. The zero-order valence-corrected chi connectivity index (χ0v) is 12.6. The SMILES string of the molecule is CCC(=O)N1CCCN(C(=O)[C@@H](N)C(C)(C)C)CC1. The van der Waals surface area contributed by atoms with Crippen LogP contribution in [0.15, 0.2) is 0 Å². The summed E-state index contributed by atoms with van der Waals surface area (Å²) < 4.78 is 0. The van der Waals surface area contributed by atoms with Crippen molar-refractivity contribution in [3.8, 4) is 0 Å². The Morgan fingerprint density at radius 3 is 2.16 bits per heavy atom. The van der Waals surface area contributed by atoms with Crippen LogP contribution in [0.1, 0.15) is 40.5 Å². The normalized spacial score (nSPS) is 19.0. The first-order valence-corrected chi connectivity index (χ1v) is 7.09. The maximum absolute atomic E-state index is 12.3. The molecule has 1 aliphatic rings. The number of carbonyl (C=O) groups is 2. The van der Waals surface area contributed by atoms with Crippen molar-refractivity contribution in [3.63, 3.8) is 0 Å². The zero-order chi connectivity index (χ0) is 14.6. The second-order valence-corrected chi connectivity index (χ2v) is 6.26. The summed E-state index contributed by atoms with van der Waals surface area (Å²) in [4.78, 5) is 27.7. The van der Waals surface area contributed by atoms with E-state index in [1.807, 2.05) is 32.6 Å². The van der Waals surface area contributed by atoms with E-state index in [9.17, 15) is 9.59 Å². The van der Waals surface area contributed by atoms with Crippen molar-refractivity contribution < 1.29 is 9.59 Å². The molecule has 0 radical (unpaired) electrons. The molecule has 0 bridgehead atoms. The quantitative estimate of drug-likeness (QED) is 0.807.